The Balaban J connectivity index is 2.19. The van der Waals surface area contributed by atoms with E-state index in [1.807, 2.05) is 0 Å². The fraction of sp³-hybridized carbons (Fsp3) is 0.692. The van der Waals surface area contributed by atoms with Crippen LogP contribution in [0.1, 0.15) is 22.9 Å². The molecular weight excluding hydrogens is 244 g/mol. The van der Waals surface area contributed by atoms with Crippen LogP contribution in [0.2, 0.25) is 0 Å². The molecule has 0 aliphatic carbocycles. The first-order chi connectivity index (χ1) is 8.61. The fourth-order valence-corrected chi connectivity index (χ4v) is 3.46. The minimum atomic E-state index is 0.209. The molecule has 1 aromatic heterocycles. The lowest BCUT2D eigenvalue weighted by Gasteiger charge is -2.33. The number of hydrazine groups is 1. The molecule has 0 bridgehead atoms. The third-order valence-corrected chi connectivity index (χ3v) is 4.67. The molecule has 2 unspecified atom stereocenters. The standard InChI is InChI=1S/C13H24N4S/c1-10-7-11(9-18-10)13(15-14)12-8-16(2)5-4-6-17(12)3/h7,9,12-13,15H,4-6,8,14H2,1-3H3. The zero-order valence-corrected chi connectivity index (χ0v) is 12.3. The largest absolute Gasteiger partial charge is 0.305 e. The zero-order valence-electron chi connectivity index (χ0n) is 11.5. The van der Waals surface area contributed by atoms with Crippen LogP contribution in [0, 0.1) is 6.92 Å². The van der Waals surface area contributed by atoms with Crippen molar-refractivity contribution in [2.45, 2.75) is 25.4 Å². The van der Waals surface area contributed by atoms with Crippen molar-refractivity contribution >= 4 is 11.3 Å². The van der Waals surface area contributed by atoms with Crippen molar-refractivity contribution in [2.24, 2.45) is 5.84 Å². The van der Waals surface area contributed by atoms with Crippen molar-refractivity contribution in [2.75, 3.05) is 33.7 Å². The van der Waals surface area contributed by atoms with Gasteiger partial charge in [-0.25, -0.2) is 0 Å². The number of hydrogen-bond acceptors (Lipinski definition) is 5. The highest BCUT2D eigenvalue weighted by molar-refractivity contribution is 7.10. The molecule has 1 aliphatic rings. The van der Waals surface area contributed by atoms with E-state index < -0.39 is 0 Å². The van der Waals surface area contributed by atoms with Crippen LogP contribution in [0.25, 0.3) is 0 Å². The lowest BCUT2D eigenvalue weighted by molar-refractivity contribution is 0.179. The molecule has 0 spiro atoms. The summed E-state index contributed by atoms with van der Waals surface area (Å²) < 4.78 is 0. The number of likely N-dealkylation sites (N-methyl/N-ethyl adjacent to an activating group) is 2. The van der Waals surface area contributed by atoms with Gasteiger partial charge in [-0.15, -0.1) is 11.3 Å². The van der Waals surface area contributed by atoms with Gasteiger partial charge in [0.25, 0.3) is 0 Å². The fourth-order valence-electron chi connectivity index (χ4n) is 2.72. The second kappa shape index (κ2) is 6.12. The molecule has 5 heteroatoms. The van der Waals surface area contributed by atoms with Gasteiger partial charge in [0.05, 0.1) is 6.04 Å². The summed E-state index contributed by atoms with van der Waals surface area (Å²) in [6.07, 6.45) is 1.23. The predicted molar refractivity (Wildman–Crippen MR) is 77.7 cm³/mol. The average Bonchev–Trinajstić information content (AvgIpc) is 2.67. The monoisotopic (exact) mass is 268 g/mol. The third-order valence-electron chi connectivity index (χ3n) is 3.79. The number of aryl methyl sites for hydroxylation is 1. The van der Waals surface area contributed by atoms with E-state index in [0.717, 1.165) is 13.1 Å². The second-order valence-corrected chi connectivity index (χ2v) is 6.41. The smallest absolute Gasteiger partial charge is 0.0635 e. The summed E-state index contributed by atoms with van der Waals surface area (Å²) in [5.74, 6) is 5.81. The van der Waals surface area contributed by atoms with Crippen LogP contribution in [0.3, 0.4) is 0 Å². The number of rotatable bonds is 3. The van der Waals surface area contributed by atoms with Crippen molar-refractivity contribution in [1.82, 2.24) is 15.2 Å². The third kappa shape index (κ3) is 3.10. The average molecular weight is 268 g/mol. The Kier molecular flexibility index (Phi) is 4.75. The van der Waals surface area contributed by atoms with E-state index in [1.165, 1.54) is 23.4 Å². The normalized spacial score (nSPS) is 25.0. The Morgan fingerprint density at radius 2 is 2.22 bits per heavy atom. The van der Waals surface area contributed by atoms with Crippen LogP contribution in [-0.2, 0) is 0 Å². The molecule has 0 aromatic carbocycles. The number of hydrogen-bond donors (Lipinski definition) is 2. The van der Waals surface area contributed by atoms with E-state index in [-0.39, 0.29) is 6.04 Å². The molecule has 1 aromatic rings. The maximum absolute atomic E-state index is 5.81. The van der Waals surface area contributed by atoms with Gasteiger partial charge in [0.2, 0.25) is 0 Å². The zero-order chi connectivity index (χ0) is 13.1. The van der Waals surface area contributed by atoms with E-state index in [9.17, 15) is 0 Å². The SMILES string of the molecule is Cc1cc(C(NN)C2CN(C)CCCN2C)cs1. The summed E-state index contributed by atoms with van der Waals surface area (Å²) in [6.45, 7) is 5.50. The maximum Gasteiger partial charge on any atom is 0.0635 e. The first kappa shape index (κ1) is 14.0. The van der Waals surface area contributed by atoms with Gasteiger partial charge in [0.15, 0.2) is 0 Å². The van der Waals surface area contributed by atoms with Crippen LogP contribution >= 0.6 is 11.3 Å². The van der Waals surface area contributed by atoms with Crippen molar-refractivity contribution in [3.63, 3.8) is 0 Å². The van der Waals surface area contributed by atoms with Gasteiger partial charge in [0, 0.05) is 17.5 Å². The number of nitrogens with two attached hydrogens (primary N) is 1. The molecule has 102 valence electrons. The summed E-state index contributed by atoms with van der Waals surface area (Å²) in [7, 11) is 4.39. The molecule has 18 heavy (non-hydrogen) atoms. The van der Waals surface area contributed by atoms with Gasteiger partial charge in [0.1, 0.15) is 0 Å². The summed E-state index contributed by atoms with van der Waals surface area (Å²) in [5.41, 5.74) is 4.33. The van der Waals surface area contributed by atoms with Crippen LogP contribution in [0.5, 0.6) is 0 Å². The number of nitrogens with one attached hydrogen (secondary N) is 1. The quantitative estimate of drug-likeness (QED) is 0.639. The van der Waals surface area contributed by atoms with Gasteiger partial charge in [-0.2, -0.15) is 0 Å². The van der Waals surface area contributed by atoms with Crippen LogP contribution < -0.4 is 11.3 Å². The highest BCUT2D eigenvalue weighted by Crippen LogP contribution is 2.26. The van der Waals surface area contributed by atoms with Gasteiger partial charge < -0.3 is 9.80 Å². The van der Waals surface area contributed by atoms with E-state index in [1.54, 1.807) is 11.3 Å². The van der Waals surface area contributed by atoms with Crippen molar-refractivity contribution in [3.05, 3.63) is 21.9 Å². The molecule has 2 heterocycles. The van der Waals surface area contributed by atoms with Crippen LogP contribution in [-0.4, -0.2) is 49.6 Å². The molecule has 2 rings (SSSR count). The molecule has 3 N–H and O–H groups in total. The lowest BCUT2D eigenvalue weighted by atomic mass is 10.0. The van der Waals surface area contributed by atoms with E-state index in [4.69, 9.17) is 5.84 Å². The van der Waals surface area contributed by atoms with E-state index in [2.05, 4.69) is 47.7 Å². The first-order valence-corrected chi connectivity index (χ1v) is 7.39. The molecule has 4 nitrogen and oxygen atoms in total. The Labute approximate surface area is 114 Å². The second-order valence-electron chi connectivity index (χ2n) is 5.30. The van der Waals surface area contributed by atoms with E-state index in [0.29, 0.717) is 6.04 Å². The molecule has 1 fully saturated rings. The molecule has 0 saturated carbocycles. The Morgan fingerprint density at radius 3 is 2.83 bits per heavy atom. The maximum atomic E-state index is 5.81. The molecule has 1 aliphatic heterocycles. The highest BCUT2D eigenvalue weighted by atomic mass is 32.1. The summed E-state index contributed by atoms with van der Waals surface area (Å²) in [4.78, 5) is 6.17. The van der Waals surface area contributed by atoms with Crippen molar-refractivity contribution in [1.29, 1.82) is 0 Å². The molecule has 0 radical (unpaired) electrons. The number of thiophene rings is 1. The van der Waals surface area contributed by atoms with Gasteiger partial charge in [-0.3, -0.25) is 11.3 Å². The van der Waals surface area contributed by atoms with Crippen LogP contribution in [0.15, 0.2) is 11.4 Å². The predicted octanol–water partition coefficient (Wildman–Crippen LogP) is 1.20. The minimum absolute atomic E-state index is 0.209. The van der Waals surface area contributed by atoms with Gasteiger partial charge >= 0.3 is 0 Å². The summed E-state index contributed by atoms with van der Waals surface area (Å²) >= 11 is 1.79. The Hall–Kier alpha value is -0.460. The van der Waals surface area contributed by atoms with Crippen molar-refractivity contribution in [3.8, 4) is 0 Å². The highest BCUT2D eigenvalue weighted by Gasteiger charge is 2.29. The summed E-state index contributed by atoms with van der Waals surface area (Å²) in [5, 5.41) is 2.22. The molecular formula is C13H24N4S. The van der Waals surface area contributed by atoms with Crippen LogP contribution in [0.4, 0.5) is 0 Å². The summed E-state index contributed by atoms with van der Waals surface area (Å²) in [6, 6.07) is 2.88. The molecule has 0 amide bonds. The lowest BCUT2D eigenvalue weighted by Crippen LogP contribution is -2.48. The molecule has 2 atom stereocenters. The first-order valence-electron chi connectivity index (χ1n) is 6.51. The number of nitrogens with zero attached hydrogens (tertiary/aromatic N) is 2. The Morgan fingerprint density at radius 1 is 1.44 bits per heavy atom. The van der Waals surface area contributed by atoms with E-state index >= 15 is 0 Å². The topological polar surface area (TPSA) is 44.5 Å². The van der Waals surface area contributed by atoms with Gasteiger partial charge in [-0.1, -0.05) is 0 Å². The minimum Gasteiger partial charge on any atom is -0.305 e. The molecule has 1 saturated heterocycles. The van der Waals surface area contributed by atoms with Crippen molar-refractivity contribution < 1.29 is 0 Å². The Bertz CT molecular complexity index is 379. The van der Waals surface area contributed by atoms with Gasteiger partial charge in [-0.05, 0) is 57.5 Å².